The van der Waals surface area contributed by atoms with Crippen LogP contribution >= 0.6 is 0 Å². The van der Waals surface area contributed by atoms with Gasteiger partial charge in [-0.25, -0.2) is 4.79 Å². The molecule has 0 heterocycles. The maximum atomic E-state index is 12.0. The lowest BCUT2D eigenvalue weighted by Crippen LogP contribution is -2.52. The van der Waals surface area contributed by atoms with Gasteiger partial charge in [0.2, 0.25) is 5.60 Å². The second-order valence-electron chi connectivity index (χ2n) is 4.82. The molecule has 0 unspecified atom stereocenters. The number of rotatable bonds is 6. The third-order valence-electron chi connectivity index (χ3n) is 3.21. The molecule has 19 heavy (non-hydrogen) atoms. The fraction of sp³-hybridized carbons (Fsp3) is 0.429. The number of ketones is 1. The van der Waals surface area contributed by atoms with E-state index in [2.05, 4.69) is 0 Å². The maximum absolute atomic E-state index is 12.0. The summed E-state index contributed by atoms with van der Waals surface area (Å²) in [5.74, 6) is -2.25. The van der Waals surface area contributed by atoms with Gasteiger partial charge in [0.1, 0.15) is 0 Å². The van der Waals surface area contributed by atoms with E-state index in [-0.39, 0.29) is 0 Å². The van der Waals surface area contributed by atoms with Gasteiger partial charge in [-0.05, 0) is 26.5 Å². The Kier molecular flexibility index (Phi) is 4.80. The number of carboxylic acids is 1. The number of carbonyl (C=O) groups excluding carboxylic acids is 1. The molecule has 1 rings (SSSR count). The quantitative estimate of drug-likeness (QED) is 0.748. The summed E-state index contributed by atoms with van der Waals surface area (Å²) in [7, 11) is 1.72. The van der Waals surface area contributed by atoms with E-state index in [0.29, 0.717) is 6.54 Å². The predicted octanol–water partition coefficient (Wildman–Crippen LogP) is 0.912. The molecule has 0 radical (unpaired) electrons. The van der Waals surface area contributed by atoms with E-state index in [0.717, 1.165) is 12.5 Å². The number of carboxylic acid groups (broad SMARTS) is 1. The van der Waals surface area contributed by atoms with E-state index in [4.69, 9.17) is 5.11 Å². The lowest BCUT2D eigenvalue weighted by Gasteiger charge is -2.28. The molecule has 0 bridgehead atoms. The molecule has 0 aliphatic carbocycles. The van der Waals surface area contributed by atoms with Crippen molar-refractivity contribution in [1.29, 1.82) is 0 Å². The van der Waals surface area contributed by atoms with Crippen molar-refractivity contribution < 1.29 is 19.8 Å². The standard InChI is InChI=1S/C14H19NO4/c1-10(12(16)14(2,19)13(17)18)15(3)9-11-7-5-4-6-8-11/h4-8,10,19H,9H2,1-3H3,(H,17,18)/t10-,14-/m0/s1. The maximum Gasteiger partial charge on any atom is 0.343 e. The van der Waals surface area contributed by atoms with E-state index in [9.17, 15) is 14.7 Å². The van der Waals surface area contributed by atoms with Gasteiger partial charge in [-0.3, -0.25) is 9.69 Å². The minimum atomic E-state index is -2.36. The van der Waals surface area contributed by atoms with Crippen LogP contribution in [0.15, 0.2) is 30.3 Å². The Morgan fingerprint density at radius 1 is 1.32 bits per heavy atom. The summed E-state index contributed by atoms with van der Waals surface area (Å²) in [5.41, 5.74) is -1.34. The fourth-order valence-corrected chi connectivity index (χ4v) is 1.72. The number of carbonyl (C=O) groups is 2. The lowest BCUT2D eigenvalue weighted by atomic mass is 9.95. The van der Waals surface area contributed by atoms with Crippen LogP contribution in [0.1, 0.15) is 19.4 Å². The summed E-state index contributed by atoms with van der Waals surface area (Å²) in [4.78, 5) is 24.5. The van der Waals surface area contributed by atoms with Crippen molar-refractivity contribution in [2.45, 2.75) is 32.0 Å². The van der Waals surface area contributed by atoms with E-state index in [1.54, 1.807) is 18.9 Å². The Morgan fingerprint density at radius 3 is 2.32 bits per heavy atom. The summed E-state index contributed by atoms with van der Waals surface area (Å²) in [6.45, 7) is 3.09. The van der Waals surface area contributed by atoms with Crippen LogP contribution in [0.25, 0.3) is 0 Å². The highest BCUT2D eigenvalue weighted by atomic mass is 16.4. The monoisotopic (exact) mass is 265 g/mol. The van der Waals surface area contributed by atoms with Crippen molar-refractivity contribution in [2.75, 3.05) is 7.05 Å². The molecule has 0 fully saturated rings. The Labute approximate surface area is 112 Å². The van der Waals surface area contributed by atoms with Crippen molar-refractivity contribution >= 4 is 11.8 Å². The van der Waals surface area contributed by atoms with E-state index in [1.807, 2.05) is 30.3 Å². The smallest absolute Gasteiger partial charge is 0.343 e. The highest BCUT2D eigenvalue weighted by Gasteiger charge is 2.42. The molecule has 1 aromatic carbocycles. The first-order valence-corrected chi connectivity index (χ1v) is 6.01. The van der Waals surface area contributed by atoms with Gasteiger partial charge in [-0.1, -0.05) is 30.3 Å². The molecule has 0 amide bonds. The molecule has 0 aromatic heterocycles. The number of hydrogen-bond acceptors (Lipinski definition) is 4. The largest absolute Gasteiger partial charge is 0.479 e. The van der Waals surface area contributed by atoms with Crippen LogP contribution in [-0.4, -0.2) is 45.6 Å². The number of benzene rings is 1. The van der Waals surface area contributed by atoms with Crippen molar-refractivity contribution in [3.63, 3.8) is 0 Å². The van der Waals surface area contributed by atoms with Crippen LogP contribution in [0.3, 0.4) is 0 Å². The Morgan fingerprint density at radius 2 is 1.84 bits per heavy atom. The normalized spacial score (nSPS) is 15.8. The SMILES string of the molecule is C[C@@H](C(=O)[C@](C)(O)C(=O)O)N(C)Cc1ccccc1. The van der Waals surface area contributed by atoms with E-state index in [1.165, 1.54) is 0 Å². The molecule has 5 heteroatoms. The number of Topliss-reactive ketones (excluding diaryl/α,β-unsaturated/α-hetero) is 1. The van der Waals surface area contributed by atoms with Crippen molar-refractivity contribution in [2.24, 2.45) is 0 Å². The summed E-state index contributed by atoms with van der Waals surface area (Å²) in [6.07, 6.45) is 0. The molecule has 5 nitrogen and oxygen atoms in total. The number of nitrogens with zero attached hydrogens (tertiary/aromatic N) is 1. The average molecular weight is 265 g/mol. The highest BCUT2D eigenvalue weighted by molar-refractivity contribution is 6.07. The topological polar surface area (TPSA) is 77.8 Å². The second kappa shape index (κ2) is 5.95. The number of likely N-dealkylation sites (N-methyl/N-ethyl adjacent to an activating group) is 1. The van der Waals surface area contributed by atoms with Gasteiger partial charge in [0, 0.05) is 6.54 Å². The zero-order valence-corrected chi connectivity index (χ0v) is 11.3. The van der Waals surface area contributed by atoms with Crippen LogP contribution in [0.4, 0.5) is 0 Å². The zero-order chi connectivity index (χ0) is 14.6. The molecule has 0 spiro atoms. The summed E-state index contributed by atoms with van der Waals surface area (Å²) >= 11 is 0. The average Bonchev–Trinajstić information content (AvgIpc) is 2.37. The van der Waals surface area contributed by atoms with E-state index >= 15 is 0 Å². The molecule has 1 aromatic rings. The lowest BCUT2D eigenvalue weighted by molar-refractivity contribution is -0.165. The second-order valence-corrected chi connectivity index (χ2v) is 4.82. The molecule has 2 atom stereocenters. The minimum absolute atomic E-state index is 0.503. The Balaban J connectivity index is 2.75. The number of aliphatic hydroxyl groups is 1. The Hall–Kier alpha value is -1.72. The third-order valence-corrected chi connectivity index (χ3v) is 3.21. The third kappa shape index (κ3) is 3.62. The zero-order valence-electron chi connectivity index (χ0n) is 11.3. The fourth-order valence-electron chi connectivity index (χ4n) is 1.72. The van der Waals surface area contributed by atoms with Crippen LogP contribution in [-0.2, 0) is 16.1 Å². The van der Waals surface area contributed by atoms with Crippen molar-refractivity contribution in [1.82, 2.24) is 4.90 Å². The number of aliphatic carboxylic acids is 1. The van der Waals surface area contributed by atoms with Crippen molar-refractivity contribution in [3.05, 3.63) is 35.9 Å². The van der Waals surface area contributed by atoms with E-state index < -0.39 is 23.4 Å². The molecular formula is C14H19NO4. The van der Waals surface area contributed by atoms with Crippen LogP contribution in [0, 0.1) is 0 Å². The first kappa shape index (κ1) is 15.3. The molecule has 0 aliphatic heterocycles. The van der Waals surface area contributed by atoms with Crippen LogP contribution in [0.5, 0.6) is 0 Å². The van der Waals surface area contributed by atoms with Gasteiger partial charge in [-0.2, -0.15) is 0 Å². The summed E-state index contributed by atoms with van der Waals surface area (Å²) in [6, 6.07) is 8.83. The van der Waals surface area contributed by atoms with Gasteiger partial charge in [-0.15, -0.1) is 0 Å². The van der Waals surface area contributed by atoms with Crippen LogP contribution < -0.4 is 0 Å². The minimum Gasteiger partial charge on any atom is -0.479 e. The van der Waals surface area contributed by atoms with Gasteiger partial charge in [0.15, 0.2) is 5.78 Å². The molecule has 0 aliphatic rings. The molecular weight excluding hydrogens is 246 g/mol. The highest BCUT2D eigenvalue weighted by Crippen LogP contribution is 2.14. The van der Waals surface area contributed by atoms with Gasteiger partial charge >= 0.3 is 5.97 Å². The molecule has 0 saturated heterocycles. The molecule has 104 valence electrons. The summed E-state index contributed by atoms with van der Waals surface area (Å²) < 4.78 is 0. The summed E-state index contributed by atoms with van der Waals surface area (Å²) in [5, 5.41) is 18.5. The van der Waals surface area contributed by atoms with Gasteiger partial charge in [0.05, 0.1) is 6.04 Å². The van der Waals surface area contributed by atoms with Gasteiger partial charge < -0.3 is 10.2 Å². The molecule has 2 N–H and O–H groups in total. The predicted molar refractivity (Wildman–Crippen MR) is 70.6 cm³/mol. The molecule has 0 saturated carbocycles. The first-order valence-electron chi connectivity index (χ1n) is 6.01. The van der Waals surface area contributed by atoms with Crippen LogP contribution in [0.2, 0.25) is 0 Å². The number of hydrogen-bond donors (Lipinski definition) is 2. The first-order chi connectivity index (χ1) is 8.76. The van der Waals surface area contributed by atoms with Crippen molar-refractivity contribution in [3.8, 4) is 0 Å². The van der Waals surface area contributed by atoms with Gasteiger partial charge in [0.25, 0.3) is 0 Å². The Bertz CT molecular complexity index is 456.